The summed E-state index contributed by atoms with van der Waals surface area (Å²) in [5, 5.41) is 0.813. The van der Waals surface area contributed by atoms with E-state index < -0.39 is 10.0 Å². The number of hydrogen-bond donors (Lipinski definition) is 1. The van der Waals surface area contributed by atoms with Crippen LogP contribution in [0.15, 0.2) is 53.6 Å². The summed E-state index contributed by atoms with van der Waals surface area (Å²) in [7, 11) is -3.69. The predicted molar refractivity (Wildman–Crippen MR) is 93.2 cm³/mol. The fourth-order valence-electron chi connectivity index (χ4n) is 2.47. The summed E-state index contributed by atoms with van der Waals surface area (Å²) < 4.78 is 28.1. The Morgan fingerprint density at radius 3 is 2.48 bits per heavy atom. The summed E-state index contributed by atoms with van der Waals surface area (Å²) in [5.74, 6) is 0. The Labute approximate surface area is 136 Å². The van der Waals surface area contributed by atoms with E-state index >= 15 is 0 Å². The molecule has 1 aromatic heterocycles. The molecule has 1 heterocycles. The van der Waals surface area contributed by atoms with Crippen LogP contribution in [-0.2, 0) is 10.0 Å². The topological polar surface area (TPSA) is 59.1 Å². The third-order valence-corrected chi connectivity index (χ3v) is 5.27. The third kappa shape index (κ3) is 3.05. The van der Waals surface area contributed by atoms with Crippen molar-refractivity contribution < 1.29 is 8.42 Å². The van der Waals surface area contributed by atoms with Crippen LogP contribution in [0.25, 0.3) is 10.9 Å². The third-order valence-electron chi connectivity index (χ3n) is 3.86. The SMILES string of the molecule is Cc1cnc2c(S(=O)(=O)Nc3ccc(C)c(C)c3)cccc2c1. The highest BCUT2D eigenvalue weighted by atomic mass is 32.2. The highest BCUT2D eigenvalue weighted by molar-refractivity contribution is 7.93. The predicted octanol–water partition coefficient (Wildman–Crippen LogP) is 3.96. The molecule has 0 saturated heterocycles. The van der Waals surface area contributed by atoms with Gasteiger partial charge >= 0.3 is 0 Å². The zero-order valence-electron chi connectivity index (χ0n) is 13.3. The van der Waals surface area contributed by atoms with Gasteiger partial charge in [-0.1, -0.05) is 18.2 Å². The first-order valence-corrected chi connectivity index (χ1v) is 8.80. The maximum absolute atomic E-state index is 12.7. The smallest absolute Gasteiger partial charge is 0.264 e. The number of fused-ring (bicyclic) bond motifs is 1. The van der Waals surface area contributed by atoms with Crippen molar-refractivity contribution in [2.75, 3.05) is 4.72 Å². The van der Waals surface area contributed by atoms with E-state index in [0.717, 1.165) is 22.1 Å². The number of anilines is 1. The molecular weight excluding hydrogens is 308 g/mol. The molecule has 1 N–H and O–H groups in total. The van der Waals surface area contributed by atoms with E-state index in [1.54, 1.807) is 24.4 Å². The van der Waals surface area contributed by atoms with Gasteiger partial charge in [0.15, 0.2) is 0 Å². The van der Waals surface area contributed by atoms with Gasteiger partial charge in [0.05, 0.1) is 5.52 Å². The van der Waals surface area contributed by atoms with Crippen molar-refractivity contribution in [1.82, 2.24) is 4.98 Å². The van der Waals surface area contributed by atoms with E-state index in [9.17, 15) is 8.42 Å². The summed E-state index contributed by atoms with van der Waals surface area (Å²) in [6.07, 6.45) is 1.68. The minimum Gasteiger partial charge on any atom is -0.280 e. The number of para-hydroxylation sites is 1. The number of hydrogen-bond acceptors (Lipinski definition) is 3. The Balaban J connectivity index is 2.07. The molecule has 0 radical (unpaired) electrons. The van der Waals surface area contributed by atoms with Gasteiger partial charge in [-0.15, -0.1) is 0 Å². The van der Waals surface area contributed by atoms with Crippen LogP contribution in [0.1, 0.15) is 16.7 Å². The van der Waals surface area contributed by atoms with Gasteiger partial charge in [-0.2, -0.15) is 0 Å². The lowest BCUT2D eigenvalue weighted by Gasteiger charge is -2.11. The molecule has 0 aliphatic heterocycles. The number of nitrogens with zero attached hydrogens (tertiary/aromatic N) is 1. The number of sulfonamides is 1. The average Bonchev–Trinajstić information content (AvgIpc) is 2.49. The molecule has 0 amide bonds. The number of pyridine rings is 1. The monoisotopic (exact) mass is 326 g/mol. The zero-order valence-corrected chi connectivity index (χ0v) is 14.1. The molecule has 0 spiro atoms. The maximum atomic E-state index is 12.7. The second-order valence-corrected chi connectivity index (χ2v) is 7.40. The second kappa shape index (κ2) is 5.66. The van der Waals surface area contributed by atoms with Crippen LogP contribution in [-0.4, -0.2) is 13.4 Å². The van der Waals surface area contributed by atoms with Crippen molar-refractivity contribution in [3.05, 3.63) is 65.4 Å². The first-order valence-electron chi connectivity index (χ1n) is 7.32. The van der Waals surface area contributed by atoms with Crippen LogP contribution < -0.4 is 4.72 Å². The lowest BCUT2D eigenvalue weighted by molar-refractivity contribution is 0.602. The Kier molecular flexibility index (Phi) is 3.82. The molecule has 118 valence electrons. The van der Waals surface area contributed by atoms with E-state index in [4.69, 9.17) is 0 Å². The Morgan fingerprint density at radius 2 is 1.74 bits per heavy atom. The minimum absolute atomic E-state index is 0.188. The molecule has 0 unspecified atom stereocenters. The Hall–Kier alpha value is -2.40. The number of aromatic nitrogens is 1. The van der Waals surface area contributed by atoms with Gasteiger partial charge in [0.2, 0.25) is 0 Å². The quantitative estimate of drug-likeness (QED) is 0.792. The number of aryl methyl sites for hydroxylation is 3. The fourth-order valence-corrected chi connectivity index (χ4v) is 3.70. The highest BCUT2D eigenvalue weighted by Gasteiger charge is 2.18. The van der Waals surface area contributed by atoms with Gasteiger partial charge in [0.25, 0.3) is 10.0 Å². The van der Waals surface area contributed by atoms with Crippen LogP contribution in [0.5, 0.6) is 0 Å². The fraction of sp³-hybridized carbons (Fsp3) is 0.167. The van der Waals surface area contributed by atoms with E-state index in [-0.39, 0.29) is 4.90 Å². The number of benzene rings is 2. The van der Waals surface area contributed by atoms with Gasteiger partial charge in [-0.3, -0.25) is 9.71 Å². The Morgan fingerprint density at radius 1 is 0.957 bits per heavy atom. The largest absolute Gasteiger partial charge is 0.280 e. The van der Waals surface area contributed by atoms with Crippen LogP contribution in [0.4, 0.5) is 5.69 Å². The van der Waals surface area contributed by atoms with Crippen molar-refractivity contribution in [3.8, 4) is 0 Å². The Bertz CT molecular complexity index is 995. The van der Waals surface area contributed by atoms with E-state index in [1.807, 2.05) is 45.0 Å². The molecule has 3 rings (SSSR count). The lowest BCUT2D eigenvalue weighted by Crippen LogP contribution is -2.14. The molecule has 0 bridgehead atoms. The first kappa shape index (κ1) is 15.5. The summed E-state index contributed by atoms with van der Waals surface area (Å²) >= 11 is 0. The molecular formula is C18H18N2O2S. The van der Waals surface area contributed by atoms with E-state index in [2.05, 4.69) is 9.71 Å². The minimum atomic E-state index is -3.69. The van der Waals surface area contributed by atoms with Crippen molar-refractivity contribution in [1.29, 1.82) is 0 Å². The molecule has 0 aliphatic rings. The van der Waals surface area contributed by atoms with Crippen LogP contribution in [0.2, 0.25) is 0 Å². The van der Waals surface area contributed by atoms with Gasteiger partial charge in [0.1, 0.15) is 4.90 Å². The maximum Gasteiger partial charge on any atom is 0.264 e. The standard InChI is InChI=1S/C18H18N2O2S/c1-12-9-15-5-4-6-17(18(15)19-11-12)23(21,22)20-16-8-7-13(2)14(3)10-16/h4-11,20H,1-3H3. The molecule has 4 nitrogen and oxygen atoms in total. The highest BCUT2D eigenvalue weighted by Crippen LogP contribution is 2.24. The summed E-state index contributed by atoms with van der Waals surface area (Å²) in [6, 6.07) is 12.6. The summed E-state index contributed by atoms with van der Waals surface area (Å²) in [6.45, 7) is 5.88. The molecule has 23 heavy (non-hydrogen) atoms. The normalized spacial score (nSPS) is 11.6. The van der Waals surface area contributed by atoms with Gasteiger partial charge in [-0.05, 0) is 61.7 Å². The van der Waals surface area contributed by atoms with Crippen molar-refractivity contribution in [3.63, 3.8) is 0 Å². The molecule has 0 saturated carbocycles. The molecule has 5 heteroatoms. The van der Waals surface area contributed by atoms with Crippen molar-refractivity contribution >= 4 is 26.6 Å². The van der Waals surface area contributed by atoms with E-state index in [1.165, 1.54) is 0 Å². The molecule has 3 aromatic rings. The van der Waals surface area contributed by atoms with E-state index in [0.29, 0.717) is 11.2 Å². The van der Waals surface area contributed by atoms with Crippen LogP contribution in [0.3, 0.4) is 0 Å². The average molecular weight is 326 g/mol. The van der Waals surface area contributed by atoms with Crippen molar-refractivity contribution in [2.45, 2.75) is 25.7 Å². The van der Waals surface area contributed by atoms with Crippen LogP contribution >= 0.6 is 0 Å². The summed E-state index contributed by atoms with van der Waals surface area (Å²) in [5.41, 5.74) is 4.19. The lowest BCUT2D eigenvalue weighted by atomic mass is 10.1. The van der Waals surface area contributed by atoms with Crippen LogP contribution in [0, 0.1) is 20.8 Å². The molecule has 2 aromatic carbocycles. The van der Waals surface area contributed by atoms with Gasteiger partial charge in [0, 0.05) is 17.3 Å². The molecule has 0 atom stereocenters. The molecule has 0 fully saturated rings. The summed E-state index contributed by atoms with van der Waals surface area (Å²) in [4.78, 5) is 4.49. The number of rotatable bonds is 3. The number of nitrogens with one attached hydrogen (secondary N) is 1. The van der Waals surface area contributed by atoms with Gasteiger partial charge < -0.3 is 0 Å². The zero-order chi connectivity index (χ0) is 16.6. The van der Waals surface area contributed by atoms with Gasteiger partial charge in [-0.25, -0.2) is 8.42 Å². The van der Waals surface area contributed by atoms with Crippen molar-refractivity contribution in [2.24, 2.45) is 0 Å². The molecule has 0 aliphatic carbocycles. The first-order chi connectivity index (χ1) is 10.9. The second-order valence-electron chi connectivity index (χ2n) is 5.75.